The molecule has 10 nitrogen and oxygen atoms in total. The molecule has 2 aliphatic rings. The number of benzene rings is 4. The molecular formula is C47H48N8O2. The molecule has 288 valence electrons. The van der Waals surface area contributed by atoms with Gasteiger partial charge < -0.3 is 19.8 Å². The number of aliphatic hydroxyl groups excluding tert-OH is 1. The van der Waals surface area contributed by atoms with Crippen LogP contribution in [0.3, 0.4) is 0 Å². The summed E-state index contributed by atoms with van der Waals surface area (Å²) < 4.78 is 6.04. The number of nitrogens with zero attached hydrogens (tertiary/aromatic N) is 6. The molecule has 0 atom stereocenters. The summed E-state index contributed by atoms with van der Waals surface area (Å²) in [5, 5.41) is 13.0. The van der Waals surface area contributed by atoms with Crippen molar-refractivity contribution in [2.45, 2.75) is 85.0 Å². The van der Waals surface area contributed by atoms with Crippen LogP contribution in [0, 0.1) is 0 Å². The van der Waals surface area contributed by atoms with Crippen molar-refractivity contribution in [3.05, 3.63) is 89.5 Å². The quantitative estimate of drug-likeness (QED) is 0.151. The highest BCUT2D eigenvalue weighted by Gasteiger charge is 2.26. The van der Waals surface area contributed by atoms with Gasteiger partial charge in [-0.2, -0.15) is 0 Å². The van der Waals surface area contributed by atoms with E-state index in [1.165, 1.54) is 16.7 Å². The van der Waals surface area contributed by atoms with Crippen LogP contribution in [0.5, 0.6) is 5.75 Å². The van der Waals surface area contributed by atoms with E-state index >= 15 is 0 Å². The second kappa shape index (κ2) is 13.0. The van der Waals surface area contributed by atoms with Crippen LogP contribution in [-0.4, -0.2) is 58.2 Å². The minimum atomic E-state index is -0.0933. The van der Waals surface area contributed by atoms with Gasteiger partial charge in [-0.1, -0.05) is 98.7 Å². The normalized spacial score (nSPS) is 12.9. The molecule has 10 heteroatoms. The zero-order valence-corrected chi connectivity index (χ0v) is 34.1. The minimum Gasteiger partial charge on any atom is -0.493 e. The molecule has 0 aliphatic carbocycles. The van der Waals surface area contributed by atoms with Gasteiger partial charge in [0.2, 0.25) is 0 Å². The van der Waals surface area contributed by atoms with Crippen molar-refractivity contribution in [1.29, 1.82) is 0 Å². The van der Waals surface area contributed by atoms with Crippen molar-refractivity contribution in [3.8, 4) is 51.3 Å². The number of aromatic amines is 2. The van der Waals surface area contributed by atoms with E-state index in [-0.39, 0.29) is 22.9 Å². The fourth-order valence-corrected chi connectivity index (χ4v) is 7.52. The van der Waals surface area contributed by atoms with Crippen molar-refractivity contribution in [1.82, 2.24) is 39.9 Å². The molecule has 5 heterocycles. The number of H-pyrrole nitrogens is 2. The highest BCUT2D eigenvalue weighted by atomic mass is 16.5. The number of aliphatic hydroxyl groups is 1. The fraction of sp³-hybridized carbons (Fsp3) is 0.319. The Hall–Kier alpha value is -6.00. The summed E-state index contributed by atoms with van der Waals surface area (Å²) in [4.78, 5) is 38.5. The van der Waals surface area contributed by atoms with Crippen LogP contribution in [0.1, 0.15) is 85.4 Å². The first-order valence-corrected chi connectivity index (χ1v) is 19.7. The Morgan fingerprint density at radius 2 is 0.860 bits per heavy atom. The largest absolute Gasteiger partial charge is 0.493 e. The summed E-state index contributed by atoms with van der Waals surface area (Å²) in [7, 11) is 0. The molecule has 57 heavy (non-hydrogen) atoms. The summed E-state index contributed by atoms with van der Waals surface area (Å²) in [6.45, 7) is 20.4. The molecule has 0 radical (unpaired) electrons. The van der Waals surface area contributed by atoms with E-state index in [1.807, 2.05) is 18.2 Å². The Morgan fingerprint density at radius 3 is 1.33 bits per heavy atom. The Morgan fingerprint density at radius 1 is 0.456 bits per heavy atom. The van der Waals surface area contributed by atoms with Gasteiger partial charge in [-0.05, 0) is 69.3 Å². The van der Waals surface area contributed by atoms with E-state index in [0.717, 1.165) is 43.8 Å². The fourth-order valence-electron chi connectivity index (χ4n) is 7.52. The predicted molar refractivity (Wildman–Crippen MR) is 229 cm³/mol. The molecule has 2 aliphatic heterocycles. The molecule has 0 amide bonds. The first-order chi connectivity index (χ1) is 27.0. The van der Waals surface area contributed by atoms with E-state index in [1.54, 1.807) is 0 Å². The maximum Gasteiger partial charge on any atom is 0.164 e. The van der Waals surface area contributed by atoms with E-state index in [0.29, 0.717) is 64.7 Å². The van der Waals surface area contributed by atoms with E-state index in [9.17, 15) is 5.11 Å². The maximum absolute atomic E-state index is 9.39. The van der Waals surface area contributed by atoms with Gasteiger partial charge in [-0.3, -0.25) is 0 Å². The second-order valence-corrected chi connectivity index (χ2v) is 18.3. The van der Waals surface area contributed by atoms with Crippen LogP contribution in [0.15, 0.2) is 72.8 Å². The lowest BCUT2D eigenvalue weighted by atomic mass is 9.85. The van der Waals surface area contributed by atoms with Crippen molar-refractivity contribution < 1.29 is 9.84 Å². The summed E-state index contributed by atoms with van der Waals surface area (Å²) in [6, 6.07) is 25.3. The smallest absolute Gasteiger partial charge is 0.164 e. The lowest BCUT2D eigenvalue weighted by Gasteiger charge is -2.19. The number of nitrogens with one attached hydrogen (secondary N) is 2. The third-order valence-electron chi connectivity index (χ3n) is 11.0. The van der Waals surface area contributed by atoms with Crippen LogP contribution >= 0.6 is 0 Å². The molecule has 7 aromatic rings. The van der Waals surface area contributed by atoms with Crippen LogP contribution in [0.25, 0.3) is 89.7 Å². The van der Waals surface area contributed by atoms with Crippen molar-refractivity contribution in [2.24, 2.45) is 0 Å². The number of hydrogen-bond acceptors (Lipinski definition) is 8. The Bertz CT molecular complexity index is 2920. The van der Waals surface area contributed by atoms with Crippen LogP contribution in [-0.2, 0) is 16.2 Å². The molecule has 3 aromatic heterocycles. The van der Waals surface area contributed by atoms with Gasteiger partial charge in [0.1, 0.15) is 28.3 Å². The van der Waals surface area contributed by atoms with Gasteiger partial charge in [-0.25, -0.2) is 29.9 Å². The molecule has 4 aromatic carbocycles. The van der Waals surface area contributed by atoms with Gasteiger partial charge in [-0.15, -0.1) is 0 Å². The average molecular weight is 757 g/mol. The van der Waals surface area contributed by atoms with Gasteiger partial charge in [0.25, 0.3) is 0 Å². The lowest BCUT2D eigenvalue weighted by molar-refractivity contribution is 0.234. The van der Waals surface area contributed by atoms with Crippen molar-refractivity contribution in [2.75, 3.05) is 13.2 Å². The zero-order chi connectivity index (χ0) is 40.0. The third-order valence-corrected chi connectivity index (χ3v) is 11.0. The molecule has 0 unspecified atom stereocenters. The van der Waals surface area contributed by atoms with Crippen LogP contribution < -0.4 is 4.74 Å². The minimum absolute atomic E-state index is 0.0549. The summed E-state index contributed by atoms with van der Waals surface area (Å²) in [5.74, 6) is 2.92. The van der Waals surface area contributed by atoms with Crippen molar-refractivity contribution >= 4 is 44.1 Å². The molecule has 3 N–H and O–H groups in total. The van der Waals surface area contributed by atoms with Crippen LogP contribution in [0.2, 0.25) is 0 Å². The van der Waals surface area contributed by atoms with E-state index in [4.69, 9.17) is 34.6 Å². The highest BCUT2D eigenvalue weighted by molar-refractivity contribution is 6.07. The number of hydrogen-bond donors (Lipinski definition) is 3. The molecule has 8 bridgehead atoms. The highest BCUT2D eigenvalue weighted by Crippen LogP contribution is 2.41. The summed E-state index contributed by atoms with van der Waals surface area (Å²) >= 11 is 0. The van der Waals surface area contributed by atoms with Crippen LogP contribution in [0.4, 0.5) is 0 Å². The summed E-state index contributed by atoms with van der Waals surface area (Å²) in [6.07, 6.45) is 0.532. The maximum atomic E-state index is 9.39. The van der Waals surface area contributed by atoms with Gasteiger partial charge in [0, 0.05) is 56.8 Å². The third kappa shape index (κ3) is 6.51. The van der Waals surface area contributed by atoms with E-state index < -0.39 is 0 Å². The topological polar surface area (TPSA) is 138 Å². The Balaban J connectivity index is 1.43. The zero-order valence-electron chi connectivity index (χ0n) is 34.1. The average Bonchev–Trinajstić information content (AvgIpc) is 3.88. The first kappa shape index (κ1) is 36.6. The lowest BCUT2D eigenvalue weighted by Crippen LogP contribution is -2.10. The first-order valence-electron chi connectivity index (χ1n) is 19.7. The monoisotopic (exact) mass is 756 g/mol. The standard InChI is InChI=1S/C47H48N8O2/c1-45(2,3)25-11-15-29-33(21-25)41-48-37(29)50-42-35-23-27(47(7,8)9)13-17-31(35)39(52-42)54-44-36-24-28(57-20-10-19-56)14-18-32(36)40(55-44)53-43-34-22-26(46(4,5)6)12-16-30(34)38(49-41)51-43/h11-18,21-24,56H,10,19-20H2,1-9H3,(H2,48,49,50,51,52,53,54,55). The molecule has 0 saturated carbocycles. The molecule has 0 fully saturated rings. The van der Waals surface area contributed by atoms with Gasteiger partial charge in [0.05, 0.1) is 6.61 Å². The number of rotatable bonds is 4. The predicted octanol–water partition coefficient (Wildman–Crippen LogP) is 10.5. The van der Waals surface area contributed by atoms with E-state index in [2.05, 4.69) is 127 Å². The number of fused-ring (bicyclic) bond motifs is 20. The SMILES string of the molecule is CC(C)(C)c1ccc2c(c1)-c1nc-2nc2[nH]c(nc3nc(nc4[nH]c(n1)c1ccc(OCCCO)cc41)-c1ccc(C(C)(C)C)cc1-3)c1ccc(C(C)(C)C)cc21. The molecule has 0 saturated heterocycles. The molecule has 0 spiro atoms. The number of ether oxygens (including phenoxy) is 1. The Kier molecular flexibility index (Phi) is 8.37. The molecular weight excluding hydrogens is 709 g/mol. The Labute approximate surface area is 331 Å². The number of aromatic nitrogens is 8. The molecule has 9 rings (SSSR count). The summed E-state index contributed by atoms with van der Waals surface area (Å²) in [5.41, 5.74) is 9.43. The van der Waals surface area contributed by atoms with Crippen molar-refractivity contribution in [3.63, 3.8) is 0 Å². The van der Waals surface area contributed by atoms with Gasteiger partial charge in [0.15, 0.2) is 23.3 Å². The second-order valence-electron chi connectivity index (χ2n) is 18.3. The van der Waals surface area contributed by atoms with Gasteiger partial charge >= 0.3 is 0 Å².